The first kappa shape index (κ1) is 31.8. The summed E-state index contributed by atoms with van der Waals surface area (Å²) in [6.45, 7) is 14.8. The Kier molecular flexibility index (Phi) is 9.98. The molecule has 0 amide bonds. The van der Waals surface area contributed by atoms with Crippen LogP contribution in [0, 0.1) is 16.0 Å². The standard InChI is InChI=1S/C29H40N6O5Si/c1-8-21(19-39-27-25(35(37)38)14-11-16-31-27)23(15-17-32-33-30)29(5,36)26-18-22-12-9-10-13-24(22)34(26)20-40-41(6,7)28(2,3)4/h8-14,16,18,23,36H,15,17,19-20H2,1-7H3/b21-8+/t23-,29+/m1/s1. The second kappa shape index (κ2) is 12.9. The molecule has 0 bridgehead atoms. The van der Waals surface area contributed by atoms with Crippen LogP contribution in [0.5, 0.6) is 5.88 Å². The van der Waals surface area contributed by atoms with E-state index in [1.54, 1.807) is 6.92 Å². The van der Waals surface area contributed by atoms with E-state index >= 15 is 0 Å². The Morgan fingerprint density at radius 2 is 1.98 bits per heavy atom. The molecule has 1 aromatic carbocycles. The summed E-state index contributed by atoms with van der Waals surface area (Å²) in [7, 11) is -2.13. The molecular weight excluding hydrogens is 540 g/mol. The van der Waals surface area contributed by atoms with Crippen molar-refractivity contribution in [2.75, 3.05) is 13.2 Å². The quantitative estimate of drug-likeness (QED) is 0.0421. The second-order valence-electron chi connectivity index (χ2n) is 11.7. The first-order chi connectivity index (χ1) is 19.2. The van der Waals surface area contributed by atoms with Crippen LogP contribution in [0.1, 0.15) is 46.7 Å². The maximum Gasteiger partial charge on any atom is 0.330 e. The fraction of sp³-hybridized carbons (Fsp3) is 0.483. The van der Waals surface area contributed by atoms with Crippen molar-refractivity contribution >= 4 is 24.9 Å². The largest absolute Gasteiger partial charge is 0.468 e. The molecule has 0 saturated heterocycles. The van der Waals surface area contributed by atoms with Crippen molar-refractivity contribution in [3.8, 4) is 5.88 Å². The second-order valence-corrected chi connectivity index (χ2v) is 16.5. The highest BCUT2D eigenvalue weighted by Gasteiger charge is 2.41. The van der Waals surface area contributed by atoms with E-state index in [-0.39, 0.29) is 36.5 Å². The molecule has 0 radical (unpaired) electrons. The Morgan fingerprint density at radius 1 is 1.27 bits per heavy atom. The lowest BCUT2D eigenvalue weighted by Crippen LogP contribution is -2.42. The summed E-state index contributed by atoms with van der Waals surface area (Å²) < 4.78 is 14.4. The minimum Gasteiger partial charge on any atom is -0.468 e. The number of hydrogen-bond donors (Lipinski definition) is 1. The van der Waals surface area contributed by atoms with Crippen LogP contribution in [0.4, 0.5) is 5.69 Å². The lowest BCUT2D eigenvalue weighted by atomic mass is 9.78. The van der Waals surface area contributed by atoms with Gasteiger partial charge in [-0.2, -0.15) is 0 Å². The molecule has 11 nitrogen and oxygen atoms in total. The molecule has 2 aromatic heterocycles. The van der Waals surface area contributed by atoms with Gasteiger partial charge in [0.2, 0.25) is 0 Å². The molecule has 3 aromatic rings. The fourth-order valence-corrected chi connectivity index (χ4v) is 5.50. The van der Waals surface area contributed by atoms with Gasteiger partial charge >= 0.3 is 5.69 Å². The smallest absolute Gasteiger partial charge is 0.330 e. The molecule has 0 fully saturated rings. The minimum atomic E-state index is -2.13. The number of hydrogen-bond acceptors (Lipinski definition) is 7. The highest BCUT2D eigenvalue weighted by atomic mass is 28.4. The van der Waals surface area contributed by atoms with Gasteiger partial charge in [0, 0.05) is 35.0 Å². The highest BCUT2D eigenvalue weighted by molar-refractivity contribution is 6.74. The molecule has 1 N–H and O–H groups in total. The van der Waals surface area contributed by atoms with Crippen LogP contribution in [0.2, 0.25) is 18.1 Å². The van der Waals surface area contributed by atoms with Crippen LogP contribution in [0.15, 0.2) is 65.4 Å². The molecule has 0 aliphatic carbocycles. The van der Waals surface area contributed by atoms with Gasteiger partial charge in [-0.25, -0.2) is 4.98 Å². The Labute approximate surface area is 241 Å². The van der Waals surface area contributed by atoms with E-state index in [2.05, 4.69) is 48.9 Å². The zero-order chi connectivity index (χ0) is 30.4. The van der Waals surface area contributed by atoms with Crippen molar-refractivity contribution in [3.63, 3.8) is 0 Å². The first-order valence-corrected chi connectivity index (χ1v) is 16.5. The highest BCUT2D eigenvalue weighted by Crippen LogP contribution is 2.41. The van der Waals surface area contributed by atoms with E-state index in [1.165, 1.54) is 18.3 Å². The Morgan fingerprint density at radius 3 is 2.61 bits per heavy atom. The summed E-state index contributed by atoms with van der Waals surface area (Å²) in [6, 6.07) is 12.7. The van der Waals surface area contributed by atoms with E-state index in [0.717, 1.165) is 10.9 Å². The summed E-state index contributed by atoms with van der Waals surface area (Å²) in [4.78, 5) is 17.9. The molecule has 0 aliphatic rings. The number of fused-ring (bicyclic) bond motifs is 1. The molecule has 0 saturated carbocycles. The fourth-order valence-electron chi connectivity index (χ4n) is 4.62. The van der Waals surface area contributed by atoms with E-state index in [4.69, 9.17) is 14.7 Å². The molecular formula is C29H40N6O5Si. The minimum absolute atomic E-state index is 0.0000131. The Bertz CT molecular complexity index is 1450. The van der Waals surface area contributed by atoms with E-state index in [0.29, 0.717) is 17.7 Å². The maximum atomic E-state index is 12.3. The van der Waals surface area contributed by atoms with Gasteiger partial charge in [0.05, 0.1) is 16.1 Å². The summed E-state index contributed by atoms with van der Waals surface area (Å²) in [6.07, 6.45) is 3.56. The van der Waals surface area contributed by atoms with Crippen molar-refractivity contribution in [1.82, 2.24) is 9.55 Å². The van der Waals surface area contributed by atoms with Gasteiger partial charge in [0.1, 0.15) is 18.9 Å². The average Bonchev–Trinajstić information content (AvgIpc) is 3.30. The van der Waals surface area contributed by atoms with Gasteiger partial charge in [0.15, 0.2) is 8.32 Å². The molecule has 12 heteroatoms. The molecule has 0 spiro atoms. The van der Waals surface area contributed by atoms with Gasteiger partial charge in [0.25, 0.3) is 5.88 Å². The maximum absolute atomic E-state index is 12.3. The number of nitro groups is 1. The molecule has 3 rings (SSSR count). The van der Waals surface area contributed by atoms with Gasteiger partial charge in [-0.05, 0) is 67.7 Å². The number of nitrogens with zero attached hydrogens (tertiary/aromatic N) is 6. The van der Waals surface area contributed by atoms with Crippen LogP contribution in [0.25, 0.3) is 21.3 Å². The van der Waals surface area contributed by atoms with Crippen LogP contribution < -0.4 is 4.74 Å². The van der Waals surface area contributed by atoms with Gasteiger partial charge in [-0.15, -0.1) is 0 Å². The summed E-state index contributed by atoms with van der Waals surface area (Å²) in [5, 5.41) is 28.5. The third kappa shape index (κ3) is 7.15. The Balaban J connectivity index is 2.05. The van der Waals surface area contributed by atoms with E-state index in [1.807, 2.05) is 47.9 Å². The SMILES string of the molecule is C/C=C(\COc1ncccc1[N+](=O)[O-])[C@@H](CCN=[N+]=[N-])[C@](C)(O)c1cc2ccccc2n1CO[Si](C)(C)C(C)(C)C. The molecule has 2 heterocycles. The van der Waals surface area contributed by atoms with Gasteiger partial charge in [-0.1, -0.05) is 50.2 Å². The van der Waals surface area contributed by atoms with Crippen molar-refractivity contribution < 1.29 is 19.2 Å². The number of rotatable bonds is 13. The van der Waals surface area contributed by atoms with Gasteiger partial charge < -0.3 is 18.8 Å². The summed E-state index contributed by atoms with van der Waals surface area (Å²) in [5.41, 5.74) is 9.50. The van der Waals surface area contributed by atoms with Crippen molar-refractivity contribution in [3.05, 3.63) is 86.6 Å². The van der Waals surface area contributed by atoms with E-state index in [9.17, 15) is 15.2 Å². The monoisotopic (exact) mass is 580 g/mol. The number of pyridine rings is 1. The topological polar surface area (TPSA) is 148 Å². The number of aromatic nitrogens is 2. The normalized spacial score (nSPS) is 14.8. The van der Waals surface area contributed by atoms with Crippen LogP contribution in [0.3, 0.4) is 0 Å². The molecule has 0 aliphatic heterocycles. The Hall–Kier alpha value is -3.70. The van der Waals surface area contributed by atoms with E-state index < -0.39 is 24.8 Å². The number of benzene rings is 1. The zero-order valence-corrected chi connectivity index (χ0v) is 25.9. The van der Waals surface area contributed by atoms with Crippen LogP contribution in [-0.4, -0.2) is 41.0 Å². The zero-order valence-electron chi connectivity index (χ0n) is 24.9. The average molecular weight is 581 g/mol. The lowest BCUT2D eigenvalue weighted by Gasteiger charge is -2.38. The number of aliphatic hydroxyl groups is 1. The number of azide groups is 1. The summed E-state index contributed by atoms with van der Waals surface area (Å²) in [5.74, 6) is -0.668. The molecule has 2 atom stereocenters. The molecule has 41 heavy (non-hydrogen) atoms. The van der Waals surface area contributed by atoms with Gasteiger partial charge in [-0.3, -0.25) is 10.1 Å². The van der Waals surface area contributed by atoms with Crippen molar-refractivity contribution in [1.29, 1.82) is 0 Å². The van der Waals surface area contributed by atoms with Crippen LogP contribution >= 0.6 is 0 Å². The predicted octanol–water partition coefficient (Wildman–Crippen LogP) is 7.47. The lowest BCUT2D eigenvalue weighted by molar-refractivity contribution is -0.386. The first-order valence-electron chi connectivity index (χ1n) is 13.6. The number of allylic oxidation sites excluding steroid dienone is 1. The third-order valence-electron chi connectivity index (χ3n) is 8.09. The number of ether oxygens (including phenoxy) is 1. The molecule has 220 valence electrons. The van der Waals surface area contributed by atoms with Crippen molar-refractivity contribution in [2.24, 2.45) is 11.0 Å². The summed E-state index contributed by atoms with van der Waals surface area (Å²) >= 11 is 0. The molecule has 0 unspecified atom stereocenters. The predicted molar refractivity (Wildman–Crippen MR) is 162 cm³/mol. The van der Waals surface area contributed by atoms with Crippen LogP contribution in [-0.2, 0) is 16.8 Å². The number of para-hydroxylation sites is 1. The third-order valence-corrected chi connectivity index (χ3v) is 12.6. The van der Waals surface area contributed by atoms with Crippen molar-refractivity contribution in [2.45, 2.75) is 71.5 Å².